The van der Waals surface area contributed by atoms with Crippen molar-refractivity contribution in [1.82, 2.24) is 0 Å². The van der Waals surface area contributed by atoms with Gasteiger partial charge in [-0.15, -0.1) is 11.3 Å². The smallest absolute Gasteiger partial charge is 0.341 e. The number of rotatable bonds is 5. The van der Waals surface area contributed by atoms with Gasteiger partial charge in [-0.05, 0) is 53.9 Å². The Labute approximate surface area is 169 Å². The van der Waals surface area contributed by atoms with Gasteiger partial charge >= 0.3 is 5.97 Å². The average molecular weight is 397 g/mol. The molecule has 0 spiro atoms. The first-order valence-corrected chi connectivity index (χ1v) is 10.1. The third-order valence-electron chi connectivity index (χ3n) is 5.13. The molecule has 1 aromatic carbocycles. The Balaban J connectivity index is 1.82. The molecule has 0 unspecified atom stereocenters. The summed E-state index contributed by atoms with van der Waals surface area (Å²) in [4.78, 5) is 16.5. The summed E-state index contributed by atoms with van der Waals surface area (Å²) in [7, 11) is 0. The monoisotopic (exact) mass is 396 g/mol. The summed E-state index contributed by atoms with van der Waals surface area (Å²) >= 11 is 1.61. The fraction of sp³-hybridized carbons (Fsp3) is 0.409. The fourth-order valence-corrected chi connectivity index (χ4v) is 4.70. The predicted molar refractivity (Wildman–Crippen MR) is 111 cm³/mol. The molecule has 0 amide bonds. The number of nitriles is 1. The van der Waals surface area contributed by atoms with Crippen LogP contribution in [-0.2, 0) is 17.6 Å². The number of thiophene rings is 1. The van der Waals surface area contributed by atoms with E-state index in [1.165, 1.54) is 10.4 Å². The summed E-state index contributed by atoms with van der Waals surface area (Å²) in [6, 6.07) is 9.44. The Morgan fingerprint density at radius 1 is 1.46 bits per heavy atom. The minimum atomic E-state index is -1.02. The zero-order valence-electron chi connectivity index (χ0n) is 16.4. The molecule has 1 aliphatic carbocycles. The third kappa shape index (κ3) is 4.60. The molecule has 5 nitrogen and oxygen atoms in total. The molecule has 1 N–H and O–H groups in total. The quantitative estimate of drug-likeness (QED) is 0.722. The van der Waals surface area contributed by atoms with Crippen LogP contribution in [0.4, 0.5) is 5.00 Å². The summed E-state index contributed by atoms with van der Waals surface area (Å²) in [6.07, 6.45) is 4.75. The van der Waals surface area contributed by atoms with Crippen molar-refractivity contribution in [3.63, 3.8) is 0 Å². The first-order valence-electron chi connectivity index (χ1n) is 9.31. The van der Waals surface area contributed by atoms with E-state index in [0.717, 1.165) is 29.8 Å². The first-order chi connectivity index (χ1) is 13.3. The van der Waals surface area contributed by atoms with Crippen molar-refractivity contribution in [2.75, 3.05) is 6.61 Å². The highest BCUT2D eigenvalue weighted by atomic mass is 32.1. The maximum absolute atomic E-state index is 10.6. The van der Waals surface area contributed by atoms with Gasteiger partial charge < -0.3 is 9.84 Å². The lowest BCUT2D eigenvalue weighted by Crippen LogP contribution is -2.26. The lowest BCUT2D eigenvalue weighted by atomic mass is 9.72. The van der Waals surface area contributed by atoms with Crippen LogP contribution in [0.1, 0.15) is 48.8 Å². The molecule has 0 radical (unpaired) electrons. The molecule has 1 aromatic heterocycles. The molecule has 146 valence electrons. The van der Waals surface area contributed by atoms with Crippen molar-refractivity contribution in [3.8, 4) is 11.8 Å². The Bertz CT molecular complexity index is 948. The Kier molecular flexibility index (Phi) is 5.85. The van der Waals surface area contributed by atoms with E-state index >= 15 is 0 Å². The van der Waals surface area contributed by atoms with Gasteiger partial charge in [-0.3, -0.25) is 0 Å². The van der Waals surface area contributed by atoms with E-state index in [1.807, 2.05) is 6.07 Å². The van der Waals surface area contributed by atoms with E-state index in [1.54, 1.807) is 35.8 Å². The molecule has 2 aromatic rings. The summed E-state index contributed by atoms with van der Waals surface area (Å²) in [5.41, 5.74) is 2.92. The van der Waals surface area contributed by atoms with Crippen molar-refractivity contribution in [3.05, 3.63) is 45.8 Å². The van der Waals surface area contributed by atoms with Gasteiger partial charge in [-0.25, -0.2) is 9.79 Å². The number of carbonyl (C=O) groups is 1. The predicted octanol–water partition coefficient (Wildman–Crippen LogP) is 4.98. The zero-order valence-corrected chi connectivity index (χ0v) is 17.2. The molecule has 0 fully saturated rings. The van der Waals surface area contributed by atoms with Crippen LogP contribution in [0.15, 0.2) is 29.3 Å². The number of hydrogen-bond donors (Lipinski definition) is 1. The van der Waals surface area contributed by atoms with Crippen molar-refractivity contribution in [1.29, 1.82) is 5.26 Å². The number of hydrogen-bond acceptors (Lipinski definition) is 5. The van der Waals surface area contributed by atoms with E-state index < -0.39 is 5.97 Å². The van der Waals surface area contributed by atoms with Crippen LogP contribution in [0, 0.1) is 22.7 Å². The largest absolute Gasteiger partial charge is 0.482 e. The summed E-state index contributed by atoms with van der Waals surface area (Å²) in [6.45, 7) is 6.45. The number of fused-ring (bicyclic) bond motifs is 1. The molecule has 0 aliphatic heterocycles. The molecule has 28 heavy (non-hydrogen) atoms. The Hall–Kier alpha value is -2.65. The SMILES string of the molecule is CC(C)(C)[C@H]1CCc2c(sc(N=Cc3cccc(OCC(=O)O)c3)c2C#N)C1. The van der Waals surface area contributed by atoms with Crippen LogP contribution in [0.25, 0.3) is 0 Å². The Morgan fingerprint density at radius 3 is 2.93 bits per heavy atom. The molecule has 6 heteroatoms. The number of ether oxygens (including phenoxy) is 1. The number of aliphatic carboxylic acids is 1. The van der Waals surface area contributed by atoms with E-state index in [9.17, 15) is 10.1 Å². The van der Waals surface area contributed by atoms with Crippen molar-refractivity contribution < 1.29 is 14.6 Å². The van der Waals surface area contributed by atoms with Crippen LogP contribution >= 0.6 is 11.3 Å². The van der Waals surface area contributed by atoms with Crippen LogP contribution in [0.2, 0.25) is 0 Å². The number of aliphatic imine (C=N–C) groups is 1. The van der Waals surface area contributed by atoms with Gasteiger partial charge in [-0.1, -0.05) is 32.9 Å². The molecule has 3 rings (SSSR count). The molecule has 0 saturated heterocycles. The second-order valence-electron chi connectivity index (χ2n) is 8.11. The molecule has 0 bridgehead atoms. The van der Waals surface area contributed by atoms with Crippen LogP contribution < -0.4 is 4.74 Å². The van der Waals surface area contributed by atoms with Gasteiger partial charge in [-0.2, -0.15) is 5.26 Å². The lowest BCUT2D eigenvalue weighted by molar-refractivity contribution is -0.139. The molecular formula is C22H24N2O3S. The lowest BCUT2D eigenvalue weighted by Gasteiger charge is -2.33. The summed E-state index contributed by atoms with van der Waals surface area (Å²) < 4.78 is 5.20. The molecule has 1 heterocycles. The van der Waals surface area contributed by atoms with Crippen molar-refractivity contribution >= 4 is 28.5 Å². The highest BCUT2D eigenvalue weighted by Crippen LogP contribution is 2.44. The number of benzene rings is 1. The summed E-state index contributed by atoms with van der Waals surface area (Å²) in [5.74, 6) is 0.0749. The normalized spacial score (nSPS) is 16.6. The molecule has 1 atom stereocenters. The van der Waals surface area contributed by atoms with Crippen LogP contribution in [0.5, 0.6) is 5.75 Å². The highest BCUT2D eigenvalue weighted by Gasteiger charge is 2.32. The number of carboxylic acid groups (broad SMARTS) is 1. The van der Waals surface area contributed by atoms with E-state index in [2.05, 4.69) is 31.8 Å². The molecular weight excluding hydrogens is 372 g/mol. The van der Waals surface area contributed by atoms with Gasteiger partial charge in [0, 0.05) is 11.1 Å². The minimum absolute atomic E-state index is 0.258. The number of nitrogens with zero attached hydrogens (tertiary/aromatic N) is 2. The van der Waals surface area contributed by atoms with Gasteiger partial charge in [0.15, 0.2) is 6.61 Å². The molecule has 1 aliphatic rings. The van der Waals surface area contributed by atoms with Crippen LogP contribution in [-0.4, -0.2) is 23.9 Å². The second kappa shape index (κ2) is 8.15. The zero-order chi connectivity index (χ0) is 20.3. The standard InChI is InChI=1S/C22H24N2O3S/c1-22(2,3)15-7-8-17-18(11-23)21(28-19(17)10-15)24-12-14-5-4-6-16(9-14)27-13-20(25)26/h4-6,9,12,15H,7-8,10,13H2,1-3H3,(H,25,26)/t15-/m0/s1. The van der Waals surface area contributed by atoms with Gasteiger partial charge in [0.1, 0.15) is 16.8 Å². The Morgan fingerprint density at radius 2 is 2.25 bits per heavy atom. The van der Waals surface area contributed by atoms with Gasteiger partial charge in [0.2, 0.25) is 0 Å². The second-order valence-corrected chi connectivity index (χ2v) is 9.20. The van der Waals surface area contributed by atoms with Crippen molar-refractivity contribution in [2.24, 2.45) is 16.3 Å². The van der Waals surface area contributed by atoms with E-state index in [0.29, 0.717) is 17.2 Å². The average Bonchev–Trinajstić information content (AvgIpc) is 3.01. The van der Waals surface area contributed by atoms with Crippen LogP contribution in [0.3, 0.4) is 0 Å². The van der Waals surface area contributed by atoms with E-state index in [4.69, 9.17) is 9.84 Å². The first kappa shape index (κ1) is 20.1. The van der Waals surface area contributed by atoms with E-state index in [-0.39, 0.29) is 12.0 Å². The minimum Gasteiger partial charge on any atom is -0.482 e. The topological polar surface area (TPSA) is 82.7 Å². The highest BCUT2D eigenvalue weighted by molar-refractivity contribution is 7.16. The maximum Gasteiger partial charge on any atom is 0.341 e. The molecule has 0 saturated carbocycles. The van der Waals surface area contributed by atoms with Gasteiger partial charge in [0.05, 0.1) is 5.56 Å². The summed E-state index contributed by atoms with van der Waals surface area (Å²) in [5, 5.41) is 19.1. The van der Waals surface area contributed by atoms with Gasteiger partial charge in [0.25, 0.3) is 0 Å². The third-order valence-corrected chi connectivity index (χ3v) is 6.30. The van der Waals surface area contributed by atoms with Crippen molar-refractivity contribution in [2.45, 2.75) is 40.0 Å². The fourth-order valence-electron chi connectivity index (χ4n) is 3.48. The number of carboxylic acids is 1. The maximum atomic E-state index is 10.6.